The molecule has 0 fully saturated rings. The first-order valence-corrected chi connectivity index (χ1v) is 9.63. The zero-order valence-electron chi connectivity index (χ0n) is 17.0. The van der Waals surface area contributed by atoms with Crippen molar-refractivity contribution in [1.82, 2.24) is 14.4 Å². The molecule has 1 aliphatic heterocycles. The Morgan fingerprint density at radius 1 is 1.06 bits per heavy atom. The molecule has 9 heteroatoms. The van der Waals surface area contributed by atoms with Gasteiger partial charge in [0.2, 0.25) is 11.5 Å². The summed E-state index contributed by atoms with van der Waals surface area (Å²) in [5.74, 6) is 3.00. The first-order chi connectivity index (χ1) is 15.2. The lowest BCUT2D eigenvalue weighted by Crippen LogP contribution is -2.15. The van der Waals surface area contributed by atoms with Gasteiger partial charge in [0.1, 0.15) is 24.7 Å². The SMILES string of the molecule is COc1ccc(-c2nc3ncccn3c2Nc2ccc3c(c2)OCCO3)c(OC)c1O. The lowest BCUT2D eigenvalue weighted by atomic mass is 10.1. The number of phenolic OH excluding ortho intramolecular Hbond substituents is 1. The number of methoxy groups -OCH3 is 2. The van der Waals surface area contributed by atoms with Crippen LogP contribution in [0.5, 0.6) is 28.7 Å². The summed E-state index contributed by atoms with van der Waals surface area (Å²) in [7, 11) is 2.97. The number of aromatic hydroxyl groups is 1. The molecule has 0 aliphatic carbocycles. The number of phenols is 1. The molecule has 0 saturated carbocycles. The largest absolute Gasteiger partial charge is 0.502 e. The van der Waals surface area contributed by atoms with Crippen molar-refractivity contribution in [3.05, 3.63) is 48.8 Å². The normalized spacial score (nSPS) is 12.6. The molecule has 0 radical (unpaired) electrons. The summed E-state index contributed by atoms with van der Waals surface area (Å²) in [6, 6.07) is 10.9. The number of fused-ring (bicyclic) bond motifs is 2. The average molecular weight is 420 g/mol. The minimum absolute atomic E-state index is 0.0993. The molecular formula is C22H20N4O5. The summed E-state index contributed by atoms with van der Waals surface area (Å²) in [6.07, 6.45) is 3.53. The molecule has 9 nitrogen and oxygen atoms in total. The van der Waals surface area contributed by atoms with E-state index in [1.165, 1.54) is 14.2 Å². The lowest BCUT2D eigenvalue weighted by Gasteiger charge is -2.19. The van der Waals surface area contributed by atoms with Crippen molar-refractivity contribution in [2.24, 2.45) is 0 Å². The predicted molar refractivity (Wildman–Crippen MR) is 114 cm³/mol. The number of benzene rings is 2. The molecule has 2 N–H and O–H groups in total. The summed E-state index contributed by atoms with van der Waals surface area (Å²) >= 11 is 0. The maximum absolute atomic E-state index is 10.6. The number of aromatic nitrogens is 3. The molecule has 5 rings (SSSR count). The van der Waals surface area contributed by atoms with Gasteiger partial charge in [0, 0.05) is 24.1 Å². The second-order valence-electron chi connectivity index (χ2n) is 6.78. The first-order valence-electron chi connectivity index (χ1n) is 9.63. The van der Waals surface area contributed by atoms with Gasteiger partial charge >= 0.3 is 0 Å². The summed E-state index contributed by atoms with van der Waals surface area (Å²) in [6.45, 7) is 1.03. The van der Waals surface area contributed by atoms with Gasteiger partial charge in [0.15, 0.2) is 23.0 Å². The maximum Gasteiger partial charge on any atom is 0.235 e. The highest BCUT2D eigenvalue weighted by molar-refractivity contribution is 5.84. The fourth-order valence-electron chi connectivity index (χ4n) is 3.56. The van der Waals surface area contributed by atoms with Crippen LogP contribution >= 0.6 is 0 Å². The third kappa shape index (κ3) is 3.20. The molecular weight excluding hydrogens is 400 g/mol. The van der Waals surface area contributed by atoms with E-state index in [1.807, 2.05) is 34.9 Å². The first kappa shape index (κ1) is 18.9. The lowest BCUT2D eigenvalue weighted by molar-refractivity contribution is 0.171. The number of imidazole rings is 1. The minimum atomic E-state index is -0.0993. The van der Waals surface area contributed by atoms with E-state index in [0.29, 0.717) is 53.3 Å². The van der Waals surface area contributed by atoms with Crippen molar-refractivity contribution < 1.29 is 24.1 Å². The van der Waals surface area contributed by atoms with Crippen LogP contribution in [0, 0.1) is 0 Å². The smallest absolute Gasteiger partial charge is 0.235 e. The van der Waals surface area contributed by atoms with E-state index in [4.69, 9.17) is 18.9 Å². The number of hydrogen-bond acceptors (Lipinski definition) is 8. The van der Waals surface area contributed by atoms with E-state index in [2.05, 4.69) is 15.3 Å². The molecule has 0 spiro atoms. The fraction of sp³-hybridized carbons (Fsp3) is 0.182. The van der Waals surface area contributed by atoms with Gasteiger partial charge in [-0.3, -0.25) is 4.40 Å². The van der Waals surface area contributed by atoms with E-state index in [-0.39, 0.29) is 11.5 Å². The molecule has 2 aromatic carbocycles. The van der Waals surface area contributed by atoms with Crippen molar-refractivity contribution in [1.29, 1.82) is 0 Å². The molecule has 3 heterocycles. The third-order valence-corrected chi connectivity index (χ3v) is 4.98. The zero-order chi connectivity index (χ0) is 21.4. The topological polar surface area (TPSA) is 99.4 Å². The second kappa shape index (κ2) is 7.60. The van der Waals surface area contributed by atoms with E-state index < -0.39 is 0 Å². The molecule has 1 aliphatic rings. The highest BCUT2D eigenvalue weighted by Crippen LogP contribution is 2.45. The Balaban J connectivity index is 1.66. The van der Waals surface area contributed by atoms with Crippen LogP contribution in [0.25, 0.3) is 17.0 Å². The van der Waals surface area contributed by atoms with Crippen molar-refractivity contribution >= 4 is 17.3 Å². The number of nitrogens with one attached hydrogen (secondary N) is 1. The van der Waals surface area contributed by atoms with Gasteiger partial charge < -0.3 is 29.4 Å². The van der Waals surface area contributed by atoms with Gasteiger partial charge in [-0.2, -0.15) is 0 Å². The van der Waals surface area contributed by atoms with Crippen molar-refractivity contribution in [2.75, 3.05) is 32.8 Å². The van der Waals surface area contributed by atoms with Gasteiger partial charge in [0.25, 0.3) is 0 Å². The summed E-state index contributed by atoms with van der Waals surface area (Å²) in [5, 5.41) is 14.0. The van der Waals surface area contributed by atoms with Crippen molar-refractivity contribution in [3.8, 4) is 40.0 Å². The van der Waals surface area contributed by atoms with Gasteiger partial charge in [-0.15, -0.1) is 0 Å². The third-order valence-electron chi connectivity index (χ3n) is 4.98. The number of nitrogens with zero attached hydrogens (tertiary/aromatic N) is 3. The van der Waals surface area contributed by atoms with Crippen LogP contribution in [-0.4, -0.2) is 46.9 Å². The van der Waals surface area contributed by atoms with Gasteiger partial charge in [-0.25, -0.2) is 9.97 Å². The van der Waals surface area contributed by atoms with Crippen LogP contribution in [-0.2, 0) is 0 Å². The highest BCUT2D eigenvalue weighted by Gasteiger charge is 2.23. The molecule has 4 aromatic rings. The van der Waals surface area contributed by atoms with E-state index >= 15 is 0 Å². The van der Waals surface area contributed by atoms with Crippen LogP contribution < -0.4 is 24.3 Å². The van der Waals surface area contributed by atoms with Crippen molar-refractivity contribution in [3.63, 3.8) is 0 Å². The summed E-state index contributed by atoms with van der Waals surface area (Å²) in [4.78, 5) is 9.02. The van der Waals surface area contributed by atoms with E-state index in [9.17, 15) is 5.11 Å². The number of hydrogen-bond donors (Lipinski definition) is 2. The summed E-state index contributed by atoms with van der Waals surface area (Å²) in [5.41, 5.74) is 1.93. The van der Waals surface area contributed by atoms with Crippen LogP contribution in [0.1, 0.15) is 0 Å². The van der Waals surface area contributed by atoms with Crippen LogP contribution in [0.15, 0.2) is 48.8 Å². The molecule has 0 amide bonds. The zero-order valence-corrected chi connectivity index (χ0v) is 17.0. The van der Waals surface area contributed by atoms with E-state index in [0.717, 1.165) is 5.69 Å². The van der Waals surface area contributed by atoms with Crippen LogP contribution in [0.3, 0.4) is 0 Å². The monoisotopic (exact) mass is 420 g/mol. The molecule has 0 saturated heterocycles. The Hall–Kier alpha value is -4.14. The Bertz CT molecular complexity index is 1270. The van der Waals surface area contributed by atoms with Crippen LogP contribution in [0.4, 0.5) is 11.5 Å². The second-order valence-corrected chi connectivity index (χ2v) is 6.78. The molecule has 2 aromatic heterocycles. The molecule has 0 unspecified atom stereocenters. The van der Waals surface area contributed by atoms with Crippen molar-refractivity contribution in [2.45, 2.75) is 0 Å². The van der Waals surface area contributed by atoms with Crippen LogP contribution in [0.2, 0.25) is 0 Å². The Morgan fingerprint density at radius 3 is 2.71 bits per heavy atom. The Labute approximate surface area is 177 Å². The quantitative estimate of drug-likeness (QED) is 0.505. The molecule has 158 valence electrons. The average Bonchev–Trinajstić information content (AvgIpc) is 3.17. The summed E-state index contributed by atoms with van der Waals surface area (Å²) < 4.78 is 23.8. The number of ether oxygens (including phenoxy) is 4. The maximum atomic E-state index is 10.6. The predicted octanol–water partition coefficient (Wildman–Crippen LogP) is 3.63. The standard InChI is InChI=1S/C22H20N4O5/c1-28-16-7-5-14(20(29-2)19(16)27)18-21(26-9-3-8-23-22(26)25-18)24-13-4-6-15-17(12-13)31-11-10-30-15/h3-9,12,24,27H,10-11H2,1-2H3. The molecule has 0 atom stereocenters. The number of rotatable bonds is 5. The van der Waals surface area contributed by atoms with E-state index in [1.54, 1.807) is 18.3 Å². The van der Waals surface area contributed by atoms with Gasteiger partial charge in [-0.05, 0) is 30.3 Å². The molecule has 31 heavy (non-hydrogen) atoms. The molecule has 0 bridgehead atoms. The Kier molecular flexibility index (Phi) is 4.62. The minimum Gasteiger partial charge on any atom is -0.502 e. The van der Waals surface area contributed by atoms with Gasteiger partial charge in [0.05, 0.1) is 19.8 Å². The Morgan fingerprint density at radius 2 is 1.90 bits per heavy atom. The number of anilines is 2. The van der Waals surface area contributed by atoms with Gasteiger partial charge in [-0.1, -0.05) is 0 Å². The fourth-order valence-corrected chi connectivity index (χ4v) is 3.56. The highest BCUT2D eigenvalue weighted by atomic mass is 16.6.